The molecule has 0 aliphatic rings. The Morgan fingerprint density at radius 2 is 2.06 bits per heavy atom. The van der Waals surface area contributed by atoms with Gasteiger partial charge in [0.2, 0.25) is 0 Å². The number of rotatable bonds is 3. The number of aryl methyl sites for hydroxylation is 2. The molecule has 2 aromatic rings. The van der Waals surface area contributed by atoms with Crippen LogP contribution in [0.25, 0.3) is 0 Å². The highest BCUT2D eigenvalue weighted by atomic mass is 19.1. The lowest BCUT2D eigenvalue weighted by Gasteiger charge is -2.12. The number of aromatic nitrogens is 3. The van der Waals surface area contributed by atoms with Gasteiger partial charge in [0.15, 0.2) is 0 Å². The zero-order chi connectivity index (χ0) is 13.3. The fraction of sp³-hybridized carbons (Fsp3) is 0.333. The molecule has 2 rings (SSSR count). The van der Waals surface area contributed by atoms with Gasteiger partial charge in [-0.3, -0.25) is 4.68 Å². The molecule has 1 heterocycles. The van der Waals surface area contributed by atoms with E-state index in [2.05, 4.69) is 10.3 Å². The second-order valence-corrected chi connectivity index (χ2v) is 4.32. The van der Waals surface area contributed by atoms with Crippen molar-refractivity contribution >= 4 is 0 Å². The summed E-state index contributed by atoms with van der Waals surface area (Å²) in [5.41, 5.74) is 7.26. The average molecular weight is 252 g/mol. The summed E-state index contributed by atoms with van der Waals surface area (Å²) in [6.45, 7) is 1.58. The summed E-state index contributed by atoms with van der Waals surface area (Å²) in [5.74, 6) is -1.20. The minimum absolute atomic E-state index is 0.291. The lowest BCUT2D eigenvalue weighted by atomic mass is 10.0. The maximum absolute atomic E-state index is 13.6. The molecular formula is C12H14F2N4. The van der Waals surface area contributed by atoms with Crippen LogP contribution in [-0.2, 0) is 13.5 Å². The Morgan fingerprint density at radius 1 is 1.33 bits per heavy atom. The molecule has 0 saturated heterocycles. The number of halogens is 2. The van der Waals surface area contributed by atoms with E-state index in [9.17, 15) is 8.78 Å². The molecular weight excluding hydrogens is 238 g/mol. The highest BCUT2D eigenvalue weighted by molar-refractivity contribution is 5.28. The molecule has 0 aliphatic carbocycles. The van der Waals surface area contributed by atoms with E-state index in [0.29, 0.717) is 23.2 Å². The molecule has 96 valence electrons. The first-order valence-corrected chi connectivity index (χ1v) is 5.53. The van der Waals surface area contributed by atoms with E-state index >= 15 is 0 Å². The van der Waals surface area contributed by atoms with E-state index in [0.717, 1.165) is 6.07 Å². The van der Waals surface area contributed by atoms with Crippen molar-refractivity contribution in [3.63, 3.8) is 0 Å². The van der Waals surface area contributed by atoms with Gasteiger partial charge in [-0.05, 0) is 18.6 Å². The van der Waals surface area contributed by atoms with Crippen LogP contribution in [0.4, 0.5) is 8.78 Å². The number of nitrogens with zero attached hydrogens (tertiary/aromatic N) is 3. The van der Waals surface area contributed by atoms with Crippen LogP contribution in [0.15, 0.2) is 18.3 Å². The third kappa shape index (κ3) is 2.53. The minimum Gasteiger partial charge on any atom is -0.324 e. The summed E-state index contributed by atoms with van der Waals surface area (Å²) in [5, 5.41) is 7.66. The molecule has 2 N–H and O–H groups in total. The minimum atomic E-state index is -0.630. The first-order chi connectivity index (χ1) is 8.47. The summed E-state index contributed by atoms with van der Waals surface area (Å²) in [6, 6.07) is 1.73. The molecule has 0 spiro atoms. The zero-order valence-corrected chi connectivity index (χ0v) is 10.2. The van der Waals surface area contributed by atoms with Crippen molar-refractivity contribution in [1.82, 2.24) is 15.0 Å². The molecule has 0 amide bonds. The van der Waals surface area contributed by atoms with E-state index in [4.69, 9.17) is 5.73 Å². The molecule has 1 unspecified atom stereocenters. The van der Waals surface area contributed by atoms with Gasteiger partial charge in [-0.1, -0.05) is 5.21 Å². The maximum atomic E-state index is 13.6. The van der Waals surface area contributed by atoms with Crippen LogP contribution in [0.3, 0.4) is 0 Å². The Bertz CT molecular complexity index is 565. The van der Waals surface area contributed by atoms with E-state index in [1.54, 1.807) is 24.9 Å². The fourth-order valence-electron chi connectivity index (χ4n) is 1.79. The van der Waals surface area contributed by atoms with Gasteiger partial charge in [0.25, 0.3) is 0 Å². The van der Waals surface area contributed by atoms with Gasteiger partial charge in [0, 0.05) is 37.3 Å². The number of nitrogens with two attached hydrogens (primary N) is 1. The van der Waals surface area contributed by atoms with Crippen LogP contribution in [-0.4, -0.2) is 15.0 Å². The Kier molecular flexibility index (Phi) is 3.38. The highest BCUT2D eigenvalue weighted by Gasteiger charge is 2.16. The van der Waals surface area contributed by atoms with Gasteiger partial charge in [-0.25, -0.2) is 8.78 Å². The van der Waals surface area contributed by atoms with Gasteiger partial charge in [0.05, 0.1) is 5.69 Å². The zero-order valence-electron chi connectivity index (χ0n) is 10.2. The van der Waals surface area contributed by atoms with Crippen molar-refractivity contribution in [1.29, 1.82) is 0 Å². The van der Waals surface area contributed by atoms with Crippen molar-refractivity contribution in [2.45, 2.75) is 19.4 Å². The lowest BCUT2D eigenvalue weighted by Crippen LogP contribution is -2.16. The summed E-state index contributed by atoms with van der Waals surface area (Å²) < 4.78 is 28.3. The van der Waals surface area contributed by atoms with Gasteiger partial charge in [0.1, 0.15) is 11.6 Å². The summed E-state index contributed by atoms with van der Waals surface area (Å²) in [7, 11) is 1.74. The van der Waals surface area contributed by atoms with Crippen LogP contribution in [0, 0.1) is 18.6 Å². The largest absolute Gasteiger partial charge is 0.324 e. The van der Waals surface area contributed by atoms with Crippen LogP contribution in [0.5, 0.6) is 0 Å². The molecule has 0 bridgehead atoms. The molecule has 18 heavy (non-hydrogen) atoms. The Morgan fingerprint density at radius 3 is 2.67 bits per heavy atom. The SMILES string of the molecule is Cc1cc(C(N)Cc2cn(C)nn2)c(F)cc1F. The normalized spacial score (nSPS) is 12.7. The van der Waals surface area contributed by atoms with Crippen molar-refractivity contribution < 1.29 is 8.78 Å². The monoisotopic (exact) mass is 252 g/mol. The van der Waals surface area contributed by atoms with Crippen molar-refractivity contribution in [2.75, 3.05) is 0 Å². The smallest absolute Gasteiger partial charge is 0.130 e. The van der Waals surface area contributed by atoms with E-state index < -0.39 is 17.7 Å². The third-order valence-corrected chi connectivity index (χ3v) is 2.76. The van der Waals surface area contributed by atoms with E-state index in [1.165, 1.54) is 6.07 Å². The van der Waals surface area contributed by atoms with Gasteiger partial charge < -0.3 is 5.73 Å². The first-order valence-electron chi connectivity index (χ1n) is 5.53. The number of hydrogen-bond acceptors (Lipinski definition) is 3. The molecule has 0 saturated carbocycles. The van der Waals surface area contributed by atoms with E-state index in [-0.39, 0.29) is 0 Å². The standard InChI is InChI=1S/C12H14F2N4/c1-7-3-9(11(14)5-10(7)13)12(15)4-8-6-18(2)17-16-8/h3,5-6,12H,4,15H2,1-2H3. The molecule has 6 heteroatoms. The summed E-state index contributed by atoms with van der Waals surface area (Å²) >= 11 is 0. The van der Waals surface area contributed by atoms with Crippen LogP contribution in [0.2, 0.25) is 0 Å². The molecule has 0 fully saturated rings. The molecule has 0 aliphatic heterocycles. The van der Waals surface area contributed by atoms with Gasteiger partial charge in [-0.2, -0.15) is 0 Å². The molecule has 1 atom stereocenters. The Labute approximate surface area is 103 Å². The second kappa shape index (κ2) is 4.81. The molecule has 1 aromatic heterocycles. The van der Waals surface area contributed by atoms with Crippen molar-refractivity contribution in [3.8, 4) is 0 Å². The molecule has 1 aromatic carbocycles. The highest BCUT2D eigenvalue weighted by Crippen LogP contribution is 2.21. The van der Waals surface area contributed by atoms with E-state index in [1.807, 2.05) is 0 Å². The van der Waals surface area contributed by atoms with Crippen LogP contribution in [0.1, 0.15) is 22.9 Å². The van der Waals surface area contributed by atoms with Gasteiger partial charge in [-0.15, -0.1) is 5.10 Å². The lowest BCUT2D eigenvalue weighted by molar-refractivity contribution is 0.548. The quantitative estimate of drug-likeness (QED) is 0.903. The first kappa shape index (κ1) is 12.6. The van der Waals surface area contributed by atoms with Crippen molar-refractivity contribution in [2.24, 2.45) is 12.8 Å². The Hall–Kier alpha value is -1.82. The topological polar surface area (TPSA) is 56.7 Å². The third-order valence-electron chi connectivity index (χ3n) is 2.76. The van der Waals surface area contributed by atoms with Crippen LogP contribution >= 0.6 is 0 Å². The summed E-state index contributed by atoms with van der Waals surface area (Å²) in [4.78, 5) is 0. The molecule has 0 radical (unpaired) electrons. The Balaban J connectivity index is 2.23. The predicted octanol–water partition coefficient (Wildman–Crippen LogP) is 1.64. The number of hydrogen-bond donors (Lipinski definition) is 1. The van der Waals surface area contributed by atoms with Crippen molar-refractivity contribution in [3.05, 3.63) is 46.8 Å². The predicted molar refractivity (Wildman–Crippen MR) is 62.7 cm³/mol. The molecule has 4 nitrogen and oxygen atoms in total. The number of benzene rings is 1. The van der Waals surface area contributed by atoms with Gasteiger partial charge >= 0.3 is 0 Å². The fourth-order valence-corrected chi connectivity index (χ4v) is 1.79. The average Bonchev–Trinajstić information content (AvgIpc) is 2.69. The summed E-state index contributed by atoms with van der Waals surface area (Å²) in [6.07, 6.45) is 2.07. The van der Waals surface area contributed by atoms with Crippen LogP contribution < -0.4 is 5.73 Å². The maximum Gasteiger partial charge on any atom is 0.130 e. The second-order valence-electron chi connectivity index (χ2n) is 4.32.